The number of para-hydroxylation sites is 1. The fraction of sp³-hybridized carbons (Fsp3) is 0.412. The summed E-state index contributed by atoms with van der Waals surface area (Å²) in [6, 6.07) is 7.94. The van der Waals surface area contributed by atoms with Crippen LogP contribution in [0.25, 0.3) is 0 Å². The number of guanidine groups is 1. The Morgan fingerprint density at radius 2 is 2.08 bits per heavy atom. The summed E-state index contributed by atoms with van der Waals surface area (Å²) in [6.07, 6.45) is 4.83. The van der Waals surface area contributed by atoms with Gasteiger partial charge in [-0.05, 0) is 25.0 Å². The summed E-state index contributed by atoms with van der Waals surface area (Å²) in [5, 5.41) is 10.8. The van der Waals surface area contributed by atoms with Crippen LogP contribution in [0.1, 0.15) is 18.1 Å². The van der Waals surface area contributed by atoms with Crippen molar-refractivity contribution in [3.63, 3.8) is 0 Å². The molecule has 0 saturated carbocycles. The average molecular weight is 443 g/mol. The molecule has 0 unspecified atom stereocenters. The highest BCUT2D eigenvalue weighted by molar-refractivity contribution is 14.0. The fourth-order valence-electron chi connectivity index (χ4n) is 2.27. The minimum Gasteiger partial charge on any atom is -0.496 e. The Kier molecular flexibility index (Phi) is 9.21. The van der Waals surface area contributed by atoms with Crippen LogP contribution in [0.3, 0.4) is 0 Å². The van der Waals surface area contributed by atoms with Gasteiger partial charge in [0.15, 0.2) is 5.96 Å². The molecule has 6 nitrogen and oxygen atoms in total. The van der Waals surface area contributed by atoms with E-state index in [2.05, 4.69) is 27.6 Å². The van der Waals surface area contributed by atoms with Crippen LogP contribution >= 0.6 is 24.0 Å². The maximum absolute atomic E-state index is 5.36. The Balaban J connectivity index is 0.00000288. The molecule has 0 aliphatic rings. The number of halogens is 1. The van der Waals surface area contributed by atoms with Crippen LogP contribution < -0.4 is 15.4 Å². The van der Waals surface area contributed by atoms with E-state index < -0.39 is 0 Å². The van der Waals surface area contributed by atoms with Crippen LogP contribution in [0.4, 0.5) is 0 Å². The van der Waals surface area contributed by atoms with Gasteiger partial charge in [-0.15, -0.1) is 24.0 Å². The largest absolute Gasteiger partial charge is 0.496 e. The number of benzene rings is 1. The van der Waals surface area contributed by atoms with Gasteiger partial charge in [0.2, 0.25) is 0 Å². The van der Waals surface area contributed by atoms with Crippen molar-refractivity contribution in [2.45, 2.75) is 19.9 Å². The molecule has 0 spiro atoms. The van der Waals surface area contributed by atoms with Crippen LogP contribution in [0.5, 0.6) is 5.75 Å². The summed E-state index contributed by atoms with van der Waals surface area (Å²) in [4.78, 5) is 4.62. The molecule has 24 heavy (non-hydrogen) atoms. The molecule has 0 bridgehead atoms. The van der Waals surface area contributed by atoms with Gasteiger partial charge in [-0.25, -0.2) is 4.99 Å². The van der Waals surface area contributed by atoms with E-state index in [-0.39, 0.29) is 24.0 Å². The minimum atomic E-state index is 0. The number of ether oxygens (including phenoxy) is 1. The lowest BCUT2D eigenvalue weighted by molar-refractivity contribution is 0.410. The fourth-order valence-corrected chi connectivity index (χ4v) is 2.27. The second-order valence-corrected chi connectivity index (χ2v) is 5.21. The van der Waals surface area contributed by atoms with E-state index in [1.54, 1.807) is 7.11 Å². The second-order valence-electron chi connectivity index (χ2n) is 5.21. The number of aromatic nitrogens is 2. The summed E-state index contributed by atoms with van der Waals surface area (Å²) in [6.45, 7) is 4.27. The third-order valence-corrected chi connectivity index (χ3v) is 3.41. The monoisotopic (exact) mass is 443 g/mol. The van der Waals surface area contributed by atoms with Crippen molar-refractivity contribution < 1.29 is 4.74 Å². The standard InChI is InChI=1S/C17H25N5O.HI/c1-4-18-17(19-10-9-14-11-21-22(2)13-14)20-12-15-7-5-6-8-16(15)23-3;/h5-8,11,13H,4,9-10,12H2,1-3H3,(H2,18,19,20);1H. The highest BCUT2D eigenvalue weighted by Gasteiger charge is 2.03. The first kappa shape index (κ1) is 20.3. The maximum Gasteiger partial charge on any atom is 0.191 e. The molecule has 1 aromatic heterocycles. The summed E-state index contributed by atoms with van der Waals surface area (Å²) in [7, 11) is 3.61. The normalized spacial score (nSPS) is 10.9. The molecular weight excluding hydrogens is 417 g/mol. The van der Waals surface area contributed by atoms with Crippen molar-refractivity contribution >= 4 is 29.9 Å². The van der Waals surface area contributed by atoms with Crippen molar-refractivity contribution in [2.75, 3.05) is 20.2 Å². The first-order valence-corrected chi connectivity index (χ1v) is 7.84. The van der Waals surface area contributed by atoms with Gasteiger partial charge in [0.1, 0.15) is 5.75 Å². The number of hydrogen-bond acceptors (Lipinski definition) is 3. The Labute approximate surface area is 160 Å². The van der Waals surface area contributed by atoms with E-state index >= 15 is 0 Å². The molecule has 0 aliphatic carbocycles. The number of aryl methyl sites for hydroxylation is 1. The number of nitrogens with one attached hydrogen (secondary N) is 2. The van der Waals surface area contributed by atoms with Gasteiger partial charge in [-0.1, -0.05) is 18.2 Å². The minimum absolute atomic E-state index is 0. The summed E-state index contributed by atoms with van der Waals surface area (Å²) in [5.41, 5.74) is 2.28. The van der Waals surface area contributed by atoms with Crippen LogP contribution in [-0.4, -0.2) is 35.9 Å². The SMILES string of the molecule is CCNC(=NCc1ccccc1OC)NCCc1cnn(C)c1.I. The molecule has 0 saturated heterocycles. The highest BCUT2D eigenvalue weighted by Crippen LogP contribution is 2.17. The van der Waals surface area contributed by atoms with E-state index in [1.165, 1.54) is 5.56 Å². The number of hydrogen-bond donors (Lipinski definition) is 2. The molecule has 2 aromatic rings. The summed E-state index contributed by atoms with van der Waals surface area (Å²) >= 11 is 0. The third-order valence-electron chi connectivity index (χ3n) is 3.41. The van der Waals surface area contributed by atoms with Crippen LogP contribution in [0, 0.1) is 0 Å². The van der Waals surface area contributed by atoms with Gasteiger partial charge in [-0.3, -0.25) is 4.68 Å². The zero-order valence-corrected chi connectivity index (χ0v) is 16.8. The lowest BCUT2D eigenvalue weighted by Gasteiger charge is -2.11. The lowest BCUT2D eigenvalue weighted by Crippen LogP contribution is -2.38. The molecule has 2 rings (SSSR count). The van der Waals surface area contributed by atoms with Gasteiger partial charge in [0.25, 0.3) is 0 Å². The van der Waals surface area contributed by atoms with Crippen molar-refractivity contribution in [3.05, 3.63) is 47.8 Å². The van der Waals surface area contributed by atoms with Gasteiger partial charge < -0.3 is 15.4 Å². The number of nitrogens with zero attached hydrogens (tertiary/aromatic N) is 3. The average Bonchev–Trinajstić information content (AvgIpc) is 2.98. The molecule has 0 fully saturated rings. The highest BCUT2D eigenvalue weighted by atomic mass is 127. The molecule has 0 radical (unpaired) electrons. The van der Waals surface area contributed by atoms with Crippen LogP contribution in [0.15, 0.2) is 41.7 Å². The van der Waals surface area contributed by atoms with E-state index in [0.29, 0.717) is 6.54 Å². The quantitative estimate of drug-likeness (QED) is 0.392. The Morgan fingerprint density at radius 1 is 1.29 bits per heavy atom. The number of aliphatic imine (C=N–C) groups is 1. The molecule has 7 heteroatoms. The molecule has 0 amide bonds. The number of rotatable bonds is 7. The van der Waals surface area contributed by atoms with E-state index in [1.807, 2.05) is 48.4 Å². The number of methoxy groups -OCH3 is 1. The zero-order chi connectivity index (χ0) is 16.5. The topological polar surface area (TPSA) is 63.5 Å². The predicted molar refractivity (Wildman–Crippen MR) is 108 cm³/mol. The second kappa shape index (κ2) is 10.9. The molecule has 132 valence electrons. The van der Waals surface area contributed by atoms with Gasteiger partial charge >= 0.3 is 0 Å². The van der Waals surface area contributed by atoms with Crippen molar-refractivity contribution in [3.8, 4) is 5.75 Å². The Hall–Kier alpha value is -1.77. The third kappa shape index (κ3) is 6.38. The Bertz CT molecular complexity index is 641. The van der Waals surface area contributed by atoms with Crippen molar-refractivity contribution in [1.29, 1.82) is 0 Å². The van der Waals surface area contributed by atoms with Crippen LogP contribution in [-0.2, 0) is 20.0 Å². The van der Waals surface area contributed by atoms with Gasteiger partial charge in [-0.2, -0.15) is 5.10 Å². The molecule has 0 aliphatic heterocycles. The van der Waals surface area contributed by atoms with E-state index in [4.69, 9.17) is 4.74 Å². The first-order chi connectivity index (χ1) is 11.2. The van der Waals surface area contributed by atoms with Crippen molar-refractivity contribution in [1.82, 2.24) is 20.4 Å². The molecule has 0 atom stereocenters. The summed E-state index contributed by atoms with van der Waals surface area (Å²) < 4.78 is 7.18. The maximum atomic E-state index is 5.36. The molecule has 1 heterocycles. The van der Waals surface area contributed by atoms with Gasteiger partial charge in [0, 0.05) is 31.9 Å². The zero-order valence-electron chi connectivity index (χ0n) is 14.5. The molecule has 1 aromatic carbocycles. The van der Waals surface area contributed by atoms with Gasteiger partial charge in [0.05, 0.1) is 19.9 Å². The summed E-state index contributed by atoms with van der Waals surface area (Å²) in [5.74, 6) is 1.67. The lowest BCUT2D eigenvalue weighted by atomic mass is 10.2. The van der Waals surface area contributed by atoms with E-state index in [9.17, 15) is 0 Å². The first-order valence-electron chi connectivity index (χ1n) is 7.84. The predicted octanol–water partition coefficient (Wildman–Crippen LogP) is 2.34. The molecular formula is C17H26IN5O. The van der Waals surface area contributed by atoms with E-state index in [0.717, 1.165) is 36.8 Å². The van der Waals surface area contributed by atoms with Crippen LogP contribution in [0.2, 0.25) is 0 Å². The Morgan fingerprint density at radius 3 is 2.75 bits per heavy atom. The smallest absolute Gasteiger partial charge is 0.191 e. The van der Waals surface area contributed by atoms with Crippen molar-refractivity contribution in [2.24, 2.45) is 12.0 Å². The molecule has 2 N–H and O–H groups in total.